The predicted molar refractivity (Wildman–Crippen MR) is 70.0 cm³/mol. The predicted octanol–water partition coefficient (Wildman–Crippen LogP) is 3.47. The highest BCUT2D eigenvalue weighted by atomic mass is 35.5. The summed E-state index contributed by atoms with van der Waals surface area (Å²) < 4.78 is 5.61. The fourth-order valence-electron chi connectivity index (χ4n) is 2.36. The van der Waals surface area contributed by atoms with Crippen LogP contribution in [0.4, 0.5) is 0 Å². The third-order valence-corrected chi connectivity index (χ3v) is 3.56. The molecule has 1 fully saturated rings. The summed E-state index contributed by atoms with van der Waals surface area (Å²) in [5.41, 5.74) is 0.754. The van der Waals surface area contributed by atoms with Gasteiger partial charge in [-0.25, -0.2) is 0 Å². The Morgan fingerprint density at radius 3 is 2.94 bits per heavy atom. The van der Waals surface area contributed by atoms with Gasteiger partial charge in [0.1, 0.15) is 0 Å². The first-order chi connectivity index (χ1) is 8.66. The number of carboxylic acids is 1. The second-order valence-electron chi connectivity index (χ2n) is 4.67. The number of rotatable bonds is 4. The van der Waals surface area contributed by atoms with E-state index in [1.807, 2.05) is 6.07 Å². The van der Waals surface area contributed by atoms with Crippen LogP contribution < -0.4 is 0 Å². The van der Waals surface area contributed by atoms with Crippen molar-refractivity contribution in [3.63, 3.8) is 0 Å². The van der Waals surface area contributed by atoms with Crippen LogP contribution in [-0.2, 0) is 9.53 Å². The van der Waals surface area contributed by atoms with Crippen molar-refractivity contribution in [2.75, 3.05) is 6.61 Å². The first kappa shape index (κ1) is 13.4. The number of carbonyl (C=O) groups is 1. The molecule has 18 heavy (non-hydrogen) atoms. The highest BCUT2D eigenvalue weighted by molar-refractivity contribution is 6.30. The summed E-state index contributed by atoms with van der Waals surface area (Å²) in [6, 6.07) is 7.08. The molecule has 1 N–H and O–H groups in total. The minimum Gasteiger partial charge on any atom is -0.481 e. The number of carboxylic acid groups (broad SMARTS) is 1. The van der Waals surface area contributed by atoms with Crippen LogP contribution in [0.3, 0.4) is 0 Å². The average molecular weight is 269 g/mol. The molecule has 2 unspecified atom stereocenters. The van der Waals surface area contributed by atoms with Gasteiger partial charge in [-0.1, -0.05) is 23.7 Å². The highest BCUT2D eigenvalue weighted by Gasteiger charge is 2.26. The van der Waals surface area contributed by atoms with Crippen molar-refractivity contribution >= 4 is 17.6 Å². The molecule has 0 aromatic heterocycles. The van der Waals surface area contributed by atoms with E-state index in [2.05, 4.69) is 0 Å². The second-order valence-corrected chi connectivity index (χ2v) is 5.11. The molecule has 2 rings (SSSR count). The minimum atomic E-state index is -0.813. The lowest BCUT2D eigenvalue weighted by atomic mass is 9.91. The zero-order valence-corrected chi connectivity index (χ0v) is 10.9. The molecule has 1 aliphatic rings. The van der Waals surface area contributed by atoms with Gasteiger partial charge in [-0.3, -0.25) is 4.79 Å². The van der Waals surface area contributed by atoms with Crippen molar-refractivity contribution < 1.29 is 14.6 Å². The van der Waals surface area contributed by atoms with E-state index < -0.39 is 11.9 Å². The molecule has 2 atom stereocenters. The average Bonchev–Trinajstić information content (AvgIpc) is 2.37. The first-order valence-electron chi connectivity index (χ1n) is 6.26. The first-order valence-corrected chi connectivity index (χ1v) is 6.64. The van der Waals surface area contributed by atoms with E-state index >= 15 is 0 Å². The maximum atomic E-state index is 11.4. The number of benzene rings is 1. The van der Waals surface area contributed by atoms with Crippen LogP contribution >= 0.6 is 11.6 Å². The van der Waals surface area contributed by atoms with Crippen molar-refractivity contribution in [2.45, 2.75) is 37.7 Å². The maximum Gasteiger partial charge on any atom is 0.311 e. The molecule has 0 amide bonds. The van der Waals surface area contributed by atoms with Crippen molar-refractivity contribution in [3.05, 3.63) is 34.9 Å². The molecule has 3 nitrogen and oxygen atoms in total. The van der Waals surface area contributed by atoms with E-state index in [9.17, 15) is 9.90 Å². The third kappa shape index (κ3) is 3.47. The van der Waals surface area contributed by atoms with Crippen LogP contribution in [0.25, 0.3) is 0 Å². The normalized spacial score (nSPS) is 21.5. The van der Waals surface area contributed by atoms with Gasteiger partial charge in [0.15, 0.2) is 0 Å². The van der Waals surface area contributed by atoms with Crippen molar-refractivity contribution in [2.24, 2.45) is 0 Å². The molecular weight excluding hydrogens is 252 g/mol. The van der Waals surface area contributed by atoms with E-state index in [1.165, 1.54) is 0 Å². The van der Waals surface area contributed by atoms with Gasteiger partial charge in [-0.15, -0.1) is 0 Å². The Balaban J connectivity index is 2.10. The number of halogens is 1. The van der Waals surface area contributed by atoms with E-state index in [1.54, 1.807) is 18.2 Å². The van der Waals surface area contributed by atoms with Gasteiger partial charge in [-0.2, -0.15) is 0 Å². The summed E-state index contributed by atoms with van der Waals surface area (Å²) in [4.78, 5) is 11.4. The molecule has 0 spiro atoms. The fourth-order valence-corrected chi connectivity index (χ4v) is 2.56. The molecular formula is C14H17ClO3. The Morgan fingerprint density at radius 1 is 1.50 bits per heavy atom. The standard InChI is InChI=1S/C14H17ClO3/c15-11-5-3-4-10(8-11)13(14(16)17)9-12-6-1-2-7-18-12/h3-5,8,12-13H,1-2,6-7,9H2,(H,16,17). The van der Waals surface area contributed by atoms with Crippen LogP contribution in [0.5, 0.6) is 0 Å². The molecule has 98 valence electrons. The van der Waals surface area contributed by atoms with Crippen LogP contribution in [0.1, 0.15) is 37.2 Å². The lowest BCUT2D eigenvalue weighted by Crippen LogP contribution is -2.24. The number of ether oxygens (including phenoxy) is 1. The Bertz CT molecular complexity index is 413. The zero-order chi connectivity index (χ0) is 13.0. The van der Waals surface area contributed by atoms with E-state index in [4.69, 9.17) is 16.3 Å². The van der Waals surface area contributed by atoms with Gasteiger partial charge in [-0.05, 0) is 43.4 Å². The van der Waals surface area contributed by atoms with Crippen molar-refractivity contribution in [3.8, 4) is 0 Å². The van der Waals surface area contributed by atoms with Crippen LogP contribution in [-0.4, -0.2) is 23.8 Å². The lowest BCUT2D eigenvalue weighted by Gasteiger charge is -2.25. The molecule has 0 bridgehead atoms. The number of hydrogen-bond donors (Lipinski definition) is 1. The van der Waals surface area contributed by atoms with Gasteiger partial charge in [0.2, 0.25) is 0 Å². The summed E-state index contributed by atoms with van der Waals surface area (Å²) in [5, 5.41) is 9.92. The largest absolute Gasteiger partial charge is 0.481 e. The second kappa shape index (κ2) is 6.21. The van der Waals surface area contributed by atoms with Crippen molar-refractivity contribution in [1.29, 1.82) is 0 Å². The molecule has 1 saturated heterocycles. The van der Waals surface area contributed by atoms with E-state index in [0.29, 0.717) is 11.4 Å². The smallest absolute Gasteiger partial charge is 0.311 e. The van der Waals surface area contributed by atoms with Gasteiger partial charge in [0.05, 0.1) is 12.0 Å². The van der Waals surface area contributed by atoms with Crippen LogP contribution in [0, 0.1) is 0 Å². The van der Waals surface area contributed by atoms with Gasteiger partial charge in [0.25, 0.3) is 0 Å². The van der Waals surface area contributed by atoms with Gasteiger partial charge < -0.3 is 9.84 Å². The lowest BCUT2D eigenvalue weighted by molar-refractivity contribution is -0.140. The molecule has 1 aromatic rings. The molecule has 0 aliphatic carbocycles. The monoisotopic (exact) mass is 268 g/mol. The van der Waals surface area contributed by atoms with E-state index in [0.717, 1.165) is 31.4 Å². The minimum absolute atomic E-state index is 0.0545. The number of aliphatic carboxylic acids is 1. The Labute approximate surface area is 112 Å². The SMILES string of the molecule is O=C(O)C(CC1CCCCO1)c1cccc(Cl)c1. The summed E-state index contributed by atoms with van der Waals surface area (Å²) in [5.74, 6) is -1.35. The van der Waals surface area contributed by atoms with Crippen LogP contribution in [0.2, 0.25) is 5.02 Å². The Hall–Kier alpha value is -1.06. The maximum absolute atomic E-state index is 11.4. The Morgan fingerprint density at radius 2 is 2.33 bits per heavy atom. The number of hydrogen-bond acceptors (Lipinski definition) is 2. The van der Waals surface area contributed by atoms with Crippen molar-refractivity contribution in [1.82, 2.24) is 0 Å². The molecule has 1 aromatic carbocycles. The zero-order valence-electron chi connectivity index (χ0n) is 10.1. The molecule has 4 heteroatoms. The fraction of sp³-hybridized carbons (Fsp3) is 0.500. The summed E-state index contributed by atoms with van der Waals surface area (Å²) in [6.45, 7) is 0.743. The summed E-state index contributed by atoms with van der Waals surface area (Å²) in [6.07, 6.45) is 3.72. The third-order valence-electron chi connectivity index (χ3n) is 3.32. The van der Waals surface area contributed by atoms with Gasteiger partial charge in [0, 0.05) is 11.6 Å². The molecule has 0 radical (unpaired) electrons. The molecule has 1 aliphatic heterocycles. The highest BCUT2D eigenvalue weighted by Crippen LogP contribution is 2.28. The summed E-state index contributed by atoms with van der Waals surface area (Å²) in [7, 11) is 0. The Kier molecular flexibility index (Phi) is 4.61. The summed E-state index contributed by atoms with van der Waals surface area (Å²) >= 11 is 5.91. The molecule has 0 saturated carbocycles. The van der Waals surface area contributed by atoms with Gasteiger partial charge >= 0.3 is 5.97 Å². The topological polar surface area (TPSA) is 46.5 Å². The quantitative estimate of drug-likeness (QED) is 0.910. The van der Waals surface area contributed by atoms with E-state index in [-0.39, 0.29) is 6.10 Å². The molecule has 1 heterocycles. The van der Waals surface area contributed by atoms with Crippen LogP contribution in [0.15, 0.2) is 24.3 Å².